The molecule has 1 fully saturated rings. The molecule has 8 heteroatoms. The molecule has 1 heterocycles. The van der Waals surface area contributed by atoms with Crippen LogP contribution in [0.3, 0.4) is 0 Å². The molecule has 0 N–H and O–H groups in total. The molecule has 0 spiro atoms. The summed E-state index contributed by atoms with van der Waals surface area (Å²) < 4.78 is 0. The van der Waals surface area contributed by atoms with Crippen LogP contribution in [-0.2, 0) is 25.6 Å². The Hall–Kier alpha value is -2.77. The summed E-state index contributed by atoms with van der Waals surface area (Å²) >= 11 is 0. The van der Waals surface area contributed by atoms with Gasteiger partial charge in [-0.25, -0.2) is 4.79 Å². The number of imide groups is 1. The fourth-order valence-electron chi connectivity index (χ4n) is 1.69. The lowest BCUT2D eigenvalue weighted by atomic mass is 10.1. The van der Waals surface area contributed by atoms with Crippen molar-refractivity contribution in [2.24, 2.45) is 0 Å². The number of nitrogens with zero attached hydrogens (tertiary/aromatic N) is 2. The summed E-state index contributed by atoms with van der Waals surface area (Å²) in [5, 5.41) is 10.9. The standard InChI is InChI=1S/C12H10N2O6/c15-10-5-6-11(16)13(10)20-12(17)7-8-1-3-9(4-2-8)14(18)19/h1-4H,5-7H2. The predicted octanol–water partition coefficient (Wildman–Crippen LogP) is 0.744. The number of rotatable bonds is 4. The lowest BCUT2D eigenvalue weighted by Crippen LogP contribution is -2.32. The molecule has 0 aromatic heterocycles. The summed E-state index contributed by atoms with van der Waals surface area (Å²) in [5.74, 6) is -1.87. The van der Waals surface area contributed by atoms with Gasteiger partial charge in [0.2, 0.25) is 0 Å². The first kappa shape index (κ1) is 13.7. The highest BCUT2D eigenvalue weighted by Crippen LogP contribution is 2.15. The fourth-order valence-corrected chi connectivity index (χ4v) is 1.69. The Balaban J connectivity index is 1.96. The van der Waals surface area contributed by atoms with Crippen molar-refractivity contribution in [3.8, 4) is 0 Å². The summed E-state index contributed by atoms with van der Waals surface area (Å²) in [7, 11) is 0. The van der Waals surface area contributed by atoms with Crippen molar-refractivity contribution in [1.29, 1.82) is 0 Å². The number of nitro benzene ring substituents is 1. The molecular formula is C12H10N2O6. The first-order valence-corrected chi connectivity index (χ1v) is 5.77. The minimum atomic E-state index is -0.776. The van der Waals surface area contributed by atoms with Crippen LogP contribution in [0, 0.1) is 10.1 Å². The molecule has 1 aromatic rings. The Morgan fingerprint density at radius 1 is 1.20 bits per heavy atom. The Bertz CT molecular complexity index is 564. The molecule has 0 saturated carbocycles. The fraction of sp³-hybridized carbons (Fsp3) is 0.250. The SMILES string of the molecule is O=C(Cc1ccc([N+](=O)[O-])cc1)ON1C(=O)CCC1=O. The van der Waals surface area contributed by atoms with Gasteiger partial charge in [-0.1, -0.05) is 12.1 Å². The topological polar surface area (TPSA) is 107 Å². The highest BCUT2D eigenvalue weighted by Gasteiger charge is 2.32. The second-order valence-electron chi connectivity index (χ2n) is 4.15. The van der Waals surface area contributed by atoms with Crippen LogP contribution in [0.15, 0.2) is 24.3 Å². The number of carbonyl (C=O) groups excluding carboxylic acids is 3. The molecule has 1 aliphatic heterocycles. The molecule has 104 valence electrons. The number of non-ortho nitro benzene ring substituents is 1. The molecule has 8 nitrogen and oxygen atoms in total. The zero-order valence-electron chi connectivity index (χ0n) is 10.3. The summed E-state index contributed by atoms with van der Waals surface area (Å²) in [6, 6.07) is 5.34. The van der Waals surface area contributed by atoms with Gasteiger partial charge in [0.1, 0.15) is 0 Å². The largest absolute Gasteiger partial charge is 0.337 e. The van der Waals surface area contributed by atoms with Gasteiger partial charge in [0.15, 0.2) is 0 Å². The molecule has 1 saturated heterocycles. The average Bonchev–Trinajstić information content (AvgIpc) is 2.71. The van der Waals surface area contributed by atoms with E-state index in [1.165, 1.54) is 24.3 Å². The van der Waals surface area contributed by atoms with Gasteiger partial charge in [-0.2, -0.15) is 0 Å². The van der Waals surface area contributed by atoms with E-state index in [1.807, 2.05) is 0 Å². The van der Waals surface area contributed by atoms with Crippen molar-refractivity contribution in [1.82, 2.24) is 5.06 Å². The highest BCUT2D eigenvalue weighted by atomic mass is 16.7. The number of carbonyl (C=O) groups is 3. The van der Waals surface area contributed by atoms with E-state index in [0.29, 0.717) is 10.6 Å². The number of nitro groups is 1. The van der Waals surface area contributed by atoms with E-state index >= 15 is 0 Å². The van der Waals surface area contributed by atoms with Gasteiger partial charge in [-0.05, 0) is 5.56 Å². The molecule has 0 radical (unpaired) electrons. The van der Waals surface area contributed by atoms with Gasteiger partial charge >= 0.3 is 5.97 Å². The molecule has 0 unspecified atom stereocenters. The van der Waals surface area contributed by atoms with Crippen LogP contribution in [0.2, 0.25) is 0 Å². The highest BCUT2D eigenvalue weighted by molar-refractivity contribution is 6.01. The van der Waals surface area contributed by atoms with Crippen molar-refractivity contribution in [3.05, 3.63) is 39.9 Å². The normalized spacial score (nSPS) is 14.5. The first-order valence-electron chi connectivity index (χ1n) is 5.77. The molecule has 20 heavy (non-hydrogen) atoms. The van der Waals surface area contributed by atoms with E-state index in [-0.39, 0.29) is 24.9 Å². The summed E-state index contributed by atoms with van der Waals surface area (Å²) in [4.78, 5) is 48.7. The average molecular weight is 278 g/mol. The van der Waals surface area contributed by atoms with E-state index in [4.69, 9.17) is 0 Å². The molecule has 1 aromatic carbocycles. The van der Waals surface area contributed by atoms with Crippen LogP contribution in [-0.4, -0.2) is 27.8 Å². The van der Waals surface area contributed by atoms with Crippen molar-refractivity contribution >= 4 is 23.5 Å². The molecule has 2 amide bonds. The summed E-state index contributed by atoms with van der Waals surface area (Å²) in [6.07, 6.45) is -0.123. The van der Waals surface area contributed by atoms with Gasteiger partial charge in [-0.15, -0.1) is 5.06 Å². The van der Waals surface area contributed by atoms with Crippen LogP contribution in [0.5, 0.6) is 0 Å². The second kappa shape index (κ2) is 5.47. The van der Waals surface area contributed by atoms with Crippen LogP contribution in [0.25, 0.3) is 0 Å². The van der Waals surface area contributed by atoms with Gasteiger partial charge in [0, 0.05) is 25.0 Å². The lowest BCUT2D eigenvalue weighted by Gasteiger charge is -2.12. The number of hydrogen-bond donors (Lipinski definition) is 0. The van der Waals surface area contributed by atoms with E-state index in [0.717, 1.165) is 0 Å². The third-order valence-electron chi connectivity index (χ3n) is 2.69. The second-order valence-corrected chi connectivity index (χ2v) is 4.15. The summed E-state index contributed by atoms with van der Waals surface area (Å²) in [5.41, 5.74) is 0.395. The van der Waals surface area contributed by atoms with Crippen LogP contribution < -0.4 is 0 Å². The van der Waals surface area contributed by atoms with Gasteiger partial charge < -0.3 is 4.84 Å². The Labute approximate surface area is 113 Å². The van der Waals surface area contributed by atoms with Crippen molar-refractivity contribution in [2.75, 3.05) is 0 Å². The number of amides is 2. The molecule has 0 bridgehead atoms. The maximum Gasteiger partial charge on any atom is 0.337 e. The van der Waals surface area contributed by atoms with Crippen molar-refractivity contribution in [2.45, 2.75) is 19.3 Å². The zero-order valence-corrected chi connectivity index (χ0v) is 10.3. The van der Waals surface area contributed by atoms with Crippen LogP contribution in [0.4, 0.5) is 5.69 Å². The molecule has 0 aliphatic carbocycles. The number of hydrogen-bond acceptors (Lipinski definition) is 6. The Morgan fingerprint density at radius 3 is 2.25 bits per heavy atom. The maximum absolute atomic E-state index is 11.6. The van der Waals surface area contributed by atoms with Gasteiger partial charge in [-0.3, -0.25) is 19.7 Å². The third-order valence-corrected chi connectivity index (χ3v) is 2.69. The number of benzene rings is 1. The zero-order chi connectivity index (χ0) is 14.7. The molecule has 1 aliphatic rings. The van der Waals surface area contributed by atoms with Gasteiger partial charge in [0.25, 0.3) is 17.5 Å². The minimum Gasteiger partial charge on any atom is -0.330 e. The Morgan fingerprint density at radius 2 is 1.75 bits per heavy atom. The van der Waals surface area contributed by atoms with Crippen LogP contribution in [0.1, 0.15) is 18.4 Å². The van der Waals surface area contributed by atoms with Crippen molar-refractivity contribution < 1.29 is 24.1 Å². The van der Waals surface area contributed by atoms with E-state index < -0.39 is 22.7 Å². The van der Waals surface area contributed by atoms with E-state index in [1.54, 1.807) is 0 Å². The van der Waals surface area contributed by atoms with Gasteiger partial charge in [0.05, 0.1) is 11.3 Å². The molecule has 0 atom stereocenters. The third kappa shape index (κ3) is 2.97. The van der Waals surface area contributed by atoms with Crippen LogP contribution >= 0.6 is 0 Å². The first-order chi connectivity index (χ1) is 9.47. The quantitative estimate of drug-likeness (QED) is 0.457. The summed E-state index contributed by atoms with van der Waals surface area (Å²) in [6.45, 7) is 0. The maximum atomic E-state index is 11.6. The molecule has 2 rings (SSSR count). The Kier molecular flexibility index (Phi) is 3.74. The van der Waals surface area contributed by atoms with Crippen molar-refractivity contribution in [3.63, 3.8) is 0 Å². The lowest BCUT2D eigenvalue weighted by molar-refractivity contribution is -0.384. The number of hydroxylamine groups is 2. The van der Waals surface area contributed by atoms with E-state index in [9.17, 15) is 24.5 Å². The smallest absolute Gasteiger partial charge is 0.330 e. The minimum absolute atomic E-state index is 0.0314. The predicted molar refractivity (Wildman–Crippen MR) is 64.0 cm³/mol. The van der Waals surface area contributed by atoms with E-state index in [2.05, 4.69) is 4.84 Å². The molecular weight excluding hydrogens is 268 g/mol. The monoisotopic (exact) mass is 278 g/mol.